The van der Waals surface area contributed by atoms with Gasteiger partial charge in [-0.1, -0.05) is 109 Å². The average molecular weight is 632 g/mol. The SMILES string of the molecule is CC[C@@H](C)NC(=O)[C@H](Cc1ccccc1)N(Cc1ccccc1)C(=O)CN(c1ccccc1Cl)S(=O)(=O)c1ccc(C)cc1. The fourth-order valence-electron chi connectivity index (χ4n) is 4.78. The lowest BCUT2D eigenvalue weighted by Crippen LogP contribution is -2.54. The van der Waals surface area contributed by atoms with Gasteiger partial charge in [-0.25, -0.2) is 8.42 Å². The van der Waals surface area contributed by atoms with Gasteiger partial charge in [-0.3, -0.25) is 13.9 Å². The lowest BCUT2D eigenvalue weighted by atomic mass is 10.0. The number of sulfonamides is 1. The van der Waals surface area contributed by atoms with Crippen LogP contribution in [-0.2, 0) is 32.6 Å². The summed E-state index contributed by atoms with van der Waals surface area (Å²) in [5.41, 5.74) is 2.75. The molecule has 0 unspecified atom stereocenters. The van der Waals surface area contributed by atoms with Gasteiger partial charge >= 0.3 is 0 Å². The number of anilines is 1. The Morgan fingerprint density at radius 2 is 1.39 bits per heavy atom. The number of aryl methyl sites for hydroxylation is 1. The smallest absolute Gasteiger partial charge is 0.264 e. The van der Waals surface area contributed by atoms with Crippen molar-refractivity contribution < 1.29 is 18.0 Å². The molecule has 2 atom stereocenters. The molecule has 0 fully saturated rings. The van der Waals surface area contributed by atoms with E-state index in [1.807, 2.05) is 81.4 Å². The van der Waals surface area contributed by atoms with E-state index in [9.17, 15) is 18.0 Å². The molecule has 1 N–H and O–H groups in total. The highest BCUT2D eigenvalue weighted by atomic mass is 35.5. The highest BCUT2D eigenvalue weighted by molar-refractivity contribution is 7.92. The number of halogens is 1. The van der Waals surface area contributed by atoms with E-state index in [2.05, 4.69) is 5.32 Å². The molecule has 0 saturated heterocycles. The number of benzene rings is 4. The van der Waals surface area contributed by atoms with Gasteiger partial charge in [-0.05, 0) is 55.7 Å². The number of hydrogen-bond donors (Lipinski definition) is 1. The van der Waals surface area contributed by atoms with Gasteiger partial charge in [-0.2, -0.15) is 0 Å². The largest absolute Gasteiger partial charge is 0.352 e. The van der Waals surface area contributed by atoms with E-state index in [1.165, 1.54) is 17.0 Å². The predicted octanol–water partition coefficient (Wildman–Crippen LogP) is 6.40. The van der Waals surface area contributed by atoms with Crippen LogP contribution in [0.3, 0.4) is 0 Å². The number of hydrogen-bond acceptors (Lipinski definition) is 4. The van der Waals surface area contributed by atoms with E-state index in [4.69, 9.17) is 11.6 Å². The second-order valence-electron chi connectivity index (χ2n) is 10.8. The summed E-state index contributed by atoms with van der Waals surface area (Å²) >= 11 is 6.53. The van der Waals surface area contributed by atoms with Crippen molar-refractivity contribution in [2.45, 2.75) is 57.1 Å². The van der Waals surface area contributed by atoms with Gasteiger partial charge in [0.05, 0.1) is 15.6 Å². The monoisotopic (exact) mass is 631 g/mol. The Bertz CT molecular complexity index is 1650. The van der Waals surface area contributed by atoms with Crippen LogP contribution in [0.15, 0.2) is 114 Å². The zero-order valence-electron chi connectivity index (χ0n) is 25.2. The zero-order chi connectivity index (χ0) is 31.7. The Balaban J connectivity index is 1.80. The maximum atomic E-state index is 14.5. The summed E-state index contributed by atoms with van der Waals surface area (Å²) in [6.45, 7) is 5.29. The van der Waals surface area contributed by atoms with Crippen LogP contribution in [0.2, 0.25) is 5.02 Å². The maximum Gasteiger partial charge on any atom is 0.264 e. The first-order valence-corrected chi connectivity index (χ1v) is 16.4. The minimum absolute atomic E-state index is 0.0285. The third kappa shape index (κ3) is 8.27. The molecule has 2 amide bonds. The number of carbonyl (C=O) groups excluding carboxylic acids is 2. The van der Waals surface area contributed by atoms with Gasteiger partial charge in [-0.15, -0.1) is 0 Å². The van der Waals surface area contributed by atoms with Crippen LogP contribution in [0.4, 0.5) is 5.69 Å². The molecule has 0 aromatic heterocycles. The molecule has 0 aliphatic rings. The highest BCUT2D eigenvalue weighted by Crippen LogP contribution is 2.31. The van der Waals surface area contributed by atoms with E-state index >= 15 is 0 Å². The van der Waals surface area contributed by atoms with Gasteiger partial charge in [0.15, 0.2) is 0 Å². The molecular weight excluding hydrogens is 594 g/mol. The van der Waals surface area contributed by atoms with Crippen LogP contribution in [0.5, 0.6) is 0 Å². The van der Waals surface area contributed by atoms with Crippen LogP contribution in [0.1, 0.15) is 37.0 Å². The molecule has 4 aromatic rings. The van der Waals surface area contributed by atoms with Gasteiger partial charge in [0.2, 0.25) is 11.8 Å². The van der Waals surface area contributed by atoms with E-state index in [0.717, 1.165) is 21.0 Å². The standard InChI is InChI=1S/C35H38ClN3O4S/c1-4-27(3)37-35(41)33(23-28-13-7-5-8-14-28)38(24-29-15-9-6-10-16-29)34(40)25-39(32-18-12-11-17-31(32)36)44(42,43)30-21-19-26(2)20-22-30/h5-22,27,33H,4,23-25H2,1-3H3,(H,37,41)/t27-,33+/m1/s1. The summed E-state index contributed by atoms with van der Waals surface area (Å²) in [5, 5.41) is 3.22. The first-order chi connectivity index (χ1) is 21.1. The van der Waals surface area contributed by atoms with E-state index in [1.54, 1.807) is 36.4 Å². The van der Waals surface area contributed by atoms with E-state index < -0.39 is 28.5 Å². The number of para-hydroxylation sites is 1. The van der Waals surface area contributed by atoms with Crippen LogP contribution in [-0.4, -0.2) is 43.8 Å². The fraction of sp³-hybridized carbons (Fsp3) is 0.257. The Hall–Kier alpha value is -4.14. The van der Waals surface area contributed by atoms with E-state index in [0.29, 0.717) is 6.42 Å². The number of carbonyl (C=O) groups is 2. The van der Waals surface area contributed by atoms with Crippen LogP contribution < -0.4 is 9.62 Å². The summed E-state index contributed by atoms with van der Waals surface area (Å²) in [5.74, 6) is -0.845. The molecule has 7 nitrogen and oxygen atoms in total. The van der Waals surface area contributed by atoms with Crippen molar-refractivity contribution in [2.24, 2.45) is 0 Å². The fourth-order valence-corrected chi connectivity index (χ4v) is 6.50. The lowest BCUT2D eigenvalue weighted by Gasteiger charge is -2.34. The van der Waals surface area contributed by atoms with Crippen LogP contribution in [0, 0.1) is 6.92 Å². The van der Waals surface area contributed by atoms with Gasteiger partial charge in [0.25, 0.3) is 10.0 Å². The molecular formula is C35H38ClN3O4S. The van der Waals surface area contributed by atoms with Crippen molar-refractivity contribution in [3.05, 3.63) is 131 Å². The third-order valence-corrected chi connectivity index (χ3v) is 9.57. The van der Waals surface area contributed by atoms with Gasteiger partial charge in [0.1, 0.15) is 12.6 Å². The molecule has 0 bridgehead atoms. The van der Waals surface area contributed by atoms with Crippen LogP contribution >= 0.6 is 11.6 Å². The van der Waals surface area contributed by atoms with E-state index in [-0.39, 0.29) is 40.5 Å². The van der Waals surface area contributed by atoms with Gasteiger partial charge in [0, 0.05) is 19.0 Å². The molecule has 0 heterocycles. The molecule has 4 aromatic carbocycles. The van der Waals surface area contributed by atoms with Crippen molar-refractivity contribution >= 4 is 39.1 Å². The van der Waals surface area contributed by atoms with Crippen molar-refractivity contribution in [1.82, 2.24) is 10.2 Å². The maximum absolute atomic E-state index is 14.5. The summed E-state index contributed by atoms with van der Waals surface area (Å²) in [4.78, 5) is 29.8. The van der Waals surface area contributed by atoms with Crippen LogP contribution in [0.25, 0.3) is 0 Å². The number of rotatable bonds is 13. The number of nitrogens with zero attached hydrogens (tertiary/aromatic N) is 2. The Kier molecular flexibility index (Phi) is 11.2. The van der Waals surface area contributed by atoms with Gasteiger partial charge < -0.3 is 10.2 Å². The quantitative estimate of drug-likeness (QED) is 0.185. The summed E-state index contributed by atoms with van der Waals surface area (Å²) in [6.07, 6.45) is 0.962. The minimum Gasteiger partial charge on any atom is -0.352 e. The topological polar surface area (TPSA) is 86.8 Å². The second kappa shape index (κ2) is 15.0. The third-order valence-electron chi connectivity index (χ3n) is 7.48. The van der Waals surface area contributed by atoms with Crippen molar-refractivity contribution in [2.75, 3.05) is 10.8 Å². The lowest BCUT2D eigenvalue weighted by molar-refractivity contribution is -0.140. The Morgan fingerprint density at radius 3 is 1.98 bits per heavy atom. The molecule has 0 aliphatic carbocycles. The molecule has 0 saturated carbocycles. The minimum atomic E-state index is -4.22. The van der Waals surface area contributed by atoms with Crippen molar-refractivity contribution in [1.29, 1.82) is 0 Å². The summed E-state index contributed by atoms with van der Waals surface area (Å²) in [7, 11) is -4.22. The Labute approximate surface area is 265 Å². The number of nitrogens with one attached hydrogen (secondary N) is 1. The molecule has 4 rings (SSSR count). The number of amides is 2. The molecule has 44 heavy (non-hydrogen) atoms. The zero-order valence-corrected chi connectivity index (χ0v) is 26.8. The molecule has 230 valence electrons. The second-order valence-corrected chi connectivity index (χ2v) is 13.1. The molecule has 0 aliphatic heterocycles. The first-order valence-electron chi connectivity index (χ1n) is 14.6. The molecule has 9 heteroatoms. The van der Waals surface area contributed by atoms with Crippen molar-refractivity contribution in [3.63, 3.8) is 0 Å². The Morgan fingerprint density at radius 1 is 0.818 bits per heavy atom. The molecule has 0 spiro atoms. The summed E-state index contributed by atoms with van der Waals surface area (Å²) in [6, 6.07) is 30.8. The first kappa shape index (κ1) is 32.8. The normalized spacial score (nSPS) is 12.6. The highest BCUT2D eigenvalue weighted by Gasteiger charge is 2.35. The predicted molar refractivity (Wildman–Crippen MR) is 176 cm³/mol. The van der Waals surface area contributed by atoms with Crippen molar-refractivity contribution in [3.8, 4) is 0 Å². The molecule has 0 radical (unpaired) electrons. The average Bonchev–Trinajstić information content (AvgIpc) is 3.03. The summed E-state index contributed by atoms with van der Waals surface area (Å²) < 4.78 is 29.3.